The second kappa shape index (κ2) is 5.48. The Kier molecular flexibility index (Phi) is 4.24. The summed E-state index contributed by atoms with van der Waals surface area (Å²) < 4.78 is 34.3. The molecule has 2 heterocycles. The number of sulfonamides is 1. The Morgan fingerprint density at radius 2 is 2.15 bits per heavy atom. The number of aromatic nitrogens is 1. The SMILES string of the molecule is CCn1cc(S(=O)(=O)N2CCOC(C)(C)C2)cc1CN. The molecule has 20 heavy (non-hydrogen) atoms. The van der Waals surface area contributed by atoms with Crippen LogP contribution >= 0.6 is 0 Å². The van der Waals surface area contributed by atoms with Crippen molar-refractivity contribution in [3.63, 3.8) is 0 Å². The summed E-state index contributed by atoms with van der Waals surface area (Å²) in [5.41, 5.74) is 6.04. The first-order valence-corrected chi connectivity index (χ1v) is 8.27. The van der Waals surface area contributed by atoms with E-state index in [-0.39, 0.29) is 0 Å². The van der Waals surface area contributed by atoms with E-state index >= 15 is 0 Å². The monoisotopic (exact) mass is 301 g/mol. The fourth-order valence-corrected chi connectivity index (χ4v) is 4.10. The van der Waals surface area contributed by atoms with E-state index in [0.29, 0.717) is 37.7 Å². The van der Waals surface area contributed by atoms with Crippen molar-refractivity contribution in [3.8, 4) is 0 Å². The molecule has 6 nitrogen and oxygen atoms in total. The van der Waals surface area contributed by atoms with Gasteiger partial charge in [-0.2, -0.15) is 4.31 Å². The molecule has 1 aromatic rings. The van der Waals surface area contributed by atoms with E-state index in [9.17, 15) is 8.42 Å². The van der Waals surface area contributed by atoms with Crippen LogP contribution in [0.3, 0.4) is 0 Å². The third-order valence-corrected chi connectivity index (χ3v) is 5.35. The van der Waals surface area contributed by atoms with Crippen LogP contribution in [0.5, 0.6) is 0 Å². The molecule has 1 aliphatic rings. The summed E-state index contributed by atoms with van der Waals surface area (Å²) in [5.74, 6) is 0. The molecule has 7 heteroatoms. The van der Waals surface area contributed by atoms with E-state index in [2.05, 4.69) is 0 Å². The van der Waals surface area contributed by atoms with Gasteiger partial charge in [0.1, 0.15) is 4.90 Å². The van der Waals surface area contributed by atoms with Gasteiger partial charge in [0.25, 0.3) is 0 Å². The maximum Gasteiger partial charge on any atom is 0.244 e. The van der Waals surface area contributed by atoms with Gasteiger partial charge >= 0.3 is 0 Å². The highest BCUT2D eigenvalue weighted by molar-refractivity contribution is 7.89. The molecular weight excluding hydrogens is 278 g/mol. The zero-order valence-electron chi connectivity index (χ0n) is 12.3. The molecule has 0 saturated carbocycles. The van der Waals surface area contributed by atoms with Crippen LogP contribution in [0.25, 0.3) is 0 Å². The minimum absolute atomic E-state index is 0.317. The predicted molar refractivity (Wildman–Crippen MR) is 76.8 cm³/mol. The van der Waals surface area contributed by atoms with Gasteiger partial charge in [0, 0.05) is 38.1 Å². The maximum absolute atomic E-state index is 12.7. The molecule has 2 N–H and O–H groups in total. The fraction of sp³-hybridized carbons (Fsp3) is 0.692. The van der Waals surface area contributed by atoms with Crippen molar-refractivity contribution >= 4 is 10.0 Å². The highest BCUT2D eigenvalue weighted by atomic mass is 32.2. The molecule has 114 valence electrons. The molecular formula is C13H23N3O3S. The van der Waals surface area contributed by atoms with Gasteiger partial charge in [-0.05, 0) is 26.8 Å². The summed E-state index contributed by atoms with van der Waals surface area (Å²) in [5, 5.41) is 0. The minimum atomic E-state index is -3.48. The number of aryl methyl sites for hydroxylation is 1. The molecule has 0 spiro atoms. The number of nitrogens with zero attached hydrogens (tertiary/aromatic N) is 2. The zero-order chi connectivity index (χ0) is 15.0. The van der Waals surface area contributed by atoms with Crippen LogP contribution in [0.1, 0.15) is 26.5 Å². The summed E-state index contributed by atoms with van der Waals surface area (Å²) in [7, 11) is -3.48. The molecule has 0 radical (unpaired) electrons. The zero-order valence-corrected chi connectivity index (χ0v) is 13.1. The van der Waals surface area contributed by atoms with Crippen molar-refractivity contribution in [2.75, 3.05) is 19.7 Å². The van der Waals surface area contributed by atoms with Gasteiger partial charge in [-0.3, -0.25) is 0 Å². The second-order valence-electron chi connectivity index (χ2n) is 5.60. The molecule has 0 aliphatic carbocycles. The molecule has 0 atom stereocenters. The molecule has 2 rings (SSSR count). The lowest BCUT2D eigenvalue weighted by atomic mass is 10.1. The van der Waals surface area contributed by atoms with E-state index in [0.717, 1.165) is 5.69 Å². The summed E-state index contributed by atoms with van der Waals surface area (Å²) in [6.07, 6.45) is 1.67. The van der Waals surface area contributed by atoms with Crippen molar-refractivity contribution in [1.82, 2.24) is 8.87 Å². The van der Waals surface area contributed by atoms with E-state index in [1.54, 1.807) is 12.3 Å². The van der Waals surface area contributed by atoms with Gasteiger partial charge in [0.2, 0.25) is 10.0 Å². The first-order valence-electron chi connectivity index (χ1n) is 6.83. The molecule has 0 amide bonds. The lowest BCUT2D eigenvalue weighted by Crippen LogP contribution is -2.50. The number of hydrogen-bond acceptors (Lipinski definition) is 4. The largest absolute Gasteiger partial charge is 0.373 e. The third-order valence-electron chi connectivity index (χ3n) is 3.54. The normalized spacial score (nSPS) is 20.2. The quantitative estimate of drug-likeness (QED) is 0.891. The Morgan fingerprint density at radius 1 is 1.45 bits per heavy atom. The highest BCUT2D eigenvalue weighted by Gasteiger charge is 2.35. The van der Waals surface area contributed by atoms with Crippen LogP contribution in [0, 0.1) is 0 Å². The Bertz CT molecular complexity index is 556. The summed E-state index contributed by atoms with van der Waals surface area (Å²) >= 11 is 0. The standard InChI is InChI=1S/C13H23N3O3S/c1-4-15-9-12(7-11(15)8-14)20(17,18)16-5-6-19-13(2,3)10-16/h7,9H,4-6,8,10,14H2,1-3H3. The van der Waals surface area contributed by atoms with E-state index in [1.807, 2.05) is 25.3 Å². The van der Waals surface area contributed by atoms with E-state index < -0.39 is 15.6 Å². The van der Waals surface area contributed by atoms with Gasteiger partial charge in [-0.15, -0.1) is 0 Å². The lowest BCUT2D eigenvalue weighted by molar-refractivity contribution is -0.0640. The Balaban J connectivity index is 2.32. The van der Waals surface area contributed by atoms with E-state index in [4.69, 9.17) is 10.5 Å². The highest BCUT2D eigenvalue weighted by Crippen LogP contribution is 2.24. The van der Waals surface area contributed by atoms with Crippen molar-refractivity contribution in [1.29, 1.82) is 0 Å². The van der Waals surface area contributed by atoms with Crippen LogP contribution in [0.4, 0.5) is 0 Å². The molecule has 1 fully saturated rings. The van der Waals surface area contributed by atoms with Gasteiger partial charge in [0.15, 0.2) is 0 Å². The van der Waals surface area contributed by atoms with Crippen LogP contribution in [-0.2, 0) is 27.8 Å². The summed E-state index contributed by atoms with van der Waals surface area (Å²) in [6, 6.07) is 1.67. The predicted octanol–water partition coefficient (Wildman–Crippen LogP) is 0.766. The topological polar surface area (TPSA) is 77.6 Å². The number of hydrogen-bond donors (Lipinski definition) is 1. The maximum atomic E-state index is 12.7. The van der Waals surface area contributed by atoms with Crippen molar-refractivity contribution in [2.24, 2.45) is 5.73 Å². The van der Waals surface area contributed by atoms with Gasteiger partial charge in [-0.25, -0.2) is 8.42 Å². The fourth-order valence-electron chi connectivity index (χ4n) is 2.46. The van der Waals surface area contributed by atoms with Crippen LogP contribution < -0.4 is 5.73 Å². The average Bonchev–Trinajstić information content (AvgIpc) is 2.81. The first kappa shape index (κ1) is 15.5. The molecule has 0 bridgehead atoms. The number of morpholine rings is 1. The van der Waals surface area contributed by atoms with Crippen molar-refractivity contribution < 1.29 is 13.2 Å². The summed E-state index contributed by atoms with van der Waals surface area (Å²) in [6.45, 7) is 7.98. The Hall–Kier alpha value is -0.890. The average molecular weight is 301 g/mol. The smallest absolute Gasteiger partial charge is 0.244 e. The molecule has 0 aromatic carbocycles. The number of ether oxygens (including phenoxy) is 1. The van der Waals surface area contributed by atoms with Crippen molar-refractivity contribution in [3.05, 3.63) is 18.0 Å². The van der Waals surface area contributed by atoms with Gasteiger partial charge < -0.3 is 15.0 Å². The van der Waals surface area contributed by atoms with Crippen LogP contribution in [0.2, 0.25) is 0 Å². The Morgan fingerprint density at radius 3 is 2.65 bits per heavy atom. The van der Waals surface area contributed by atoms with Crippen LogP contribution in [0.15, 0.2) is 17.2 Å². The minimum Gasteiger partial charge on any atom is -0.373 e. The van der Waals surface area contributed by atoms with Gasteiger partial charge in [-0.1, -0.05) is 0 Å². The van der Waals surface area contributed by atoms with E-state index in [1.165, 1.54) is 4.31 Å². The molecule has 1 aromatic heterocycles. The second-order valence-corrected chi connectivity index (χ2v) is 7.54. The third kappa shape index (κ3) is 2.90. The van der Waals surface area contributed by atoms with Crippen molar-refractivity contribution in [2.45, 2.75) is 44.4 Å². The lowest BCUT2D eigenvalue weighted by Gasteiger charge is -2.37. The number of rotatable bonds is 4. The molecule has 0 unspecified atom stereocenters. The first-order chi connectivity index (χ1) is 9.30. The van der Waals surface area contributed by atoms with Crippen LogP contribution in [-0.4, -0.2) is 42.6 Å². The Labute approximate surface area is 120 Å². The summed E-state index contributed by atoms with van der Waals surface area (Å²) in [4.78, 5) is 0.317. The molecule has 1 aliphatic heterocycles. The van der Waals surface area contributed by atoms with Gasteiger partial charge in [0.05, 0.1) is 12.2 Å². The number of nitrogens with two attached hydrogens (primary N) is 1. The molecule has 1 saturated heterocycles.